The highest BCUT2D eigenvalue weighted by Crippen LogP contribution is 2.22. The molecule has 1 heterocycles. The lowest BCUT2D eigenvalue weighted by Gasteiger charge is -2.07. The summed E-state index contributed by atoms with van der Waals surface area (Å²) in [6.45, 7) is -0.215. The van der Waals surface area contributed by atoms with E-state index in [9.17, 15) is 14.9 Å². The molecule has 0 radical (unpaired) electrons. The van der Waals surface area contributed by atoms with E-state index in [1.165, 1.54) is 30.5 Å². The quantitative estimate of drug-likeness (QED) is 0.382. The average Bonchev–Trinajstić information content (AvgIpc) is 2.74. The molecule has 0 saturated carbocycles. The first-order chi connectivity index (χ1) is 13.6. The van der Waals surface area contributed by atoms with Gasteiger partial charge in [-0.05, 0) is 29.8 Å². The highest BCUT2D eigenvalue weighted by Gasteiger charge is 2.06. The molecule has 9 nitrogen and oxygen atoms in total. The van der Waals surface area contributed by atoms with E-state index in [0.29, 0.717) is 16.8 Å². The average molecular weight is 382 g/mol. The van der Waals surface area contributed by atoms with Crippen LogP contribution < -0.4 is 10.2 Å². The van der Waals surface area contributed by atoms with E-state index >= 15 is 0 Å². The van der Waals surface area contributed by atoms with Crippen molar-refractivity contribution in [2.45, 2.75) is 0 Å². The van der Waals surface area contributed by atoms with Gasteiger partial charge in [0.05, 0.1) is 11.1 Å². The Kier molecular flexibility index (Phi) is 7.55. The van der Waals surface area contributed by atoms with Gasteiger partial charge >= 0.3 is 0 Å². The Hall–Kier alpha value is -3.85. The Bertz CT molecular complexity index is 968. The van der Waals surface area contributed by atoms with Crippen LogP contribution in [0.2, 0.25) is 0 Å². The molecule has 28 heavy (non-hydrogen) atoms. The molecule has 2 N–H and O–H groups in total. The number of non-ortho nitro benzene ring substituents is 1. The molecule has 3 aromatic rings. The van der Waals surface area contributed by atoms with Gasteiger partial charge in [0.25, 0.3) is 11.6 Å². The number of aromatic nitrogens is 1. The highest BCUT2D eigenvalue weighted by molar-refractivity contribution is 5.85. The van der Waals surface area contributed by atoms with Crippen LogP contribution in [0.3, 0.4) is 0 Å². The number of para-hydroxylation sites is 1. The van der Waals surface area contributed by atoms with Crippen molar-refractivity contribution in [2.24, 2.45) is 5.10 Å². The molecule has 1 amide bonds. The van der Waals surface area contributed by atoms with Gasteiger partial charge in [0.1, 0.15) is 11.3 Å². The van der Waals surface area contributed by atoms with Crippen LogP contribution in [0.4, 0.5) is 5.69 Å². The number of hydrogen-bond donors (Lipinski definition) is 2. The number of rotatable bonds is 6. The first-order valence-corrected chi connectivity index (χ1v) is 8.11. The van der Waals surface area contributed by atoms with Crippen LogP contribution in [-0.2, 0) is 4.79 Å². The number of ether oxygens (including phenoxy) is 1. The van der Waals surface area contributed by atoms with Gasteiger partial charge in [0, 0.05) is 30.8 Å². The fourth-order valence-electron chi connectivity index (χ4n) is 2.23. The van der Waals surface area contributed by atoms with Gasteiger partial charge in [-0.1, -0.05) is 18.2 Å². The van der Waals surface area contributed by atoms with Crippen LogP contribution in [0.15, 0.2) is 65.9 Å². The van der Waals surface area contributed by atoms with Gasteiger partial charge < -0.3 is 9.84 Å². The third kappa shape index (κ3) is 5.58. The standard InChI is InChI=1S/C18H14N4O4.CH4O/c23-17(21-20-11-13-6-8-15(9-7-13)22(24)25)12-26-16-5-1-3-14-4-2-10-19-18(14)16;1-2/h1-11H,12H2,(H,21,23);2H,1H3/b20-11+;. The van der Waals surface area contributed by atoms with E-state index in [1.54, 1.807) is 12.3 Å². The summed E-state index contributed by atoms with van der Waals surface area (Å²) in [5, 5.41) is 22.3. The molecule has 1 aromatic heterocycles. The largest absolute Gasteiger partial charge is 0.481 e. The summed E-state index contributed by atoms with van der Waals surface area (Å²) in [4.78, 5) is 26.2. The molecule has 9 heteroatoms. The van der Waals surface area contributed by atoms with Crippen LogP contribution in [0.5, 0.6) is 5.75 Å². The Morgan fingerprint density at radius 1 is 1.21 bits per heavy atom. The smallest absolute Gasteiger partial charge is 0.277 e. The number of nitrogens with zero attached hydrogens (tertiary/aromatic N) is 3. The van der Waals surface area contributed by atoms with Crippen molar-refractivity contribution in [3.05, 3.63) is 76.5 Å². The van der Waals surface area contributed by atoms with Gasteiger partial charge in [0.15, 0.2) is 6.61 Å². The summed E-state index contributed by atoms with van der Waals surface area (Å²) < 4.78 is 5.50. The van der Waals surface area contributed by atoms with Gasteiger partial charge in [0.2, 0.25) is 0 Å². The number of nitrogens with one attached hydrogen (secondary N) is 1. The molecule has 0 saturated heterocycles. The summed E-state index contributed by atoms with van der Waals surface area (Å²) in [6, 6.07) is 15.0. The molecule has 0 bridgehead atoms. The minimum absolute atomic E-state index is 0.0108. The van der Waals surface area contributed by atoms with Crippen LogP contribution in [0.25, 0.3) is 10.9 Å². The van der Waals surface area contributed by atoms with Crippen molar-refractivity contribution in [1.29, 1.82) is 0 Å². The number of carbonyl (C=O) groups is 1. The normalized spacial score (nSPS) is 10.2. The second kappa shape index (κ2) is 10.3. The summed E-state index contributed by atoms with van der Waals surface area (Å²) in [5.41, 5.74) is 3.63. The number of fused-ring (bicyclic) bond motifs is 1. The van der Waals surface area contributed by atoms with Gasteiger partial charge in [-0.25, -0.2) is 5.43 Å². The monoisotopic (exact) mass is 382 g/mol. The Labute approximate surface area is 160 Å². The molecule has 144 valence electrons. The van der Waals surface area contributed by atoms with Crippen molar-refractivity contribution in [3.8, 4) is 5.75 Å². The highest BCUT2D eigenvalue weighted by atomic mass is 16.6. The molecule has 0 fully saturated rings. The van der Waals surface area contributed by atoms with E-state index in [2.05, 4.69) is 15.5 Å². The number of hydrazone groups is 1. The van der Waals surface area contributed by atoms with Crippen LogP contribution in [0, 0.1) is 10.1 Å². The third-order valence-corrected chi connectivity index (χ3v) is 3.46. The number of nitro groups is 1. The molecule has 3 rings (SSSR count). The Balaban J connectivity index is 0.00000136. The van der Waals surface area contributed by atoms with Crippen LogP contribution >= 0.6 is 0 Å². The Morgan fingerprint density at radius 2 is 1.93 bits per heavy atom. The van der Waals surface area contributed by atoms with Crippen molar-refractivity contribution in [1.82, 2.24) is 10.4 Å². The zero-order valence-electron chi connectivity index (χ0n) is 15.0. The number of amides is 1. The maximum absolute atomic E-state index is 11.8. The summed E-state index contributed by atoms with van der Waals surface area (Å²) in [7, 11) is 1.00. The second-order valence-corrected chi connectivity index (χ2v) is 5.26. The minimum atomic E-state index is -0.484. The number of pyridine rings is 1. The third-order valence-electron chi connectivity index (χ3n) is 3.46. The number of aliphatic hydroxyl groups excluding tert-OH is 1. The van der Waals surface area contributed by atoms with E-state index in [4.69, 9.17) is 9.84 Å². The summed E-state index contributed by atoms with van der Waals surface area (Å²) >= 11 is 0. The van der Waals surface area contributed by atoms with E-state index < -0.39 is 10.8 Å². The lowest BCUT2D eigenvalue weighted by Crippen LogP contribution is -2.24. The topological polar surface area (TPSA) is 127 Å². The first-order valence-electron chi connectivity index (χ1n) is 8.11. The predicted molar refractivity (Wildman–Crippen MR) is 104 cm³/mol. The van der Waals surface area contributed by atoms with Crippen LogP contribution in [0.1, 0.15) is 5.56 Å². The van der Waals surface area contributed by atoms with E-state index in [1.807, 2.05) is 24.3 Å². The number of hydrogen-bond acceptors (Lipinski definition) is 7. The molecule has 2 aromatic carbocycles. The lowest BCUT2D eigenvalue weighted by atomic mass is 10.2. The number of carbonyl (C=O) groups excluding carboxylic acids is 1. The molecule has 0 atom stereocenters. The van der Waals surface area contributed by atoms with Gasteiger partial charge in [-0.2, -0.15) is 5.10 Å². The molecule has 0 aliphatic rings. The zero-order valence-corrected chi connectivity index (χ0v) is 15.0. The molecule has 0 aliphatic heterocycles. The molecule has 0 aliphatic carbocycles. The SMILES string of the molecule is CO.O=C(COc1cccc2cccnc12)N/N=C/c1ccc([N+](=O)[O-])cc1. The maximum Gasteiger partial charge on any atom is 0.277 e. The number of benzene rings is 2. The summed E-state index contributed by atoms with van der Waals surface area (Å²) in [5.74, 6) is 0.0775. The zero-order chi connectivity index (χ0) is 20.4. The molecular formula is C19H18N4O5. The van der Waals surface area contributed by atoms with Crippen molar-refractivity contribution < 1.29 is 19.6 Å². The predicted octanol–water partition coefficient (Wildman–Crippen LogP) is 2.28. The minimum Gasteiger partial charge on any atom is -0.481 e. The molecule has 0 unspecified atom stereocenters. The first kappa shape index (κ1) is 20.5. The molecule has 0 spiro atoms. The number of aliphatic hydroxyl groups is 1. The fraction of sp³-hybridized carbons (Fsp3) is 0.105. The maximum atomic E-state index is 11.8. The van der Waals surface area contributed by atoms with Gasteiger partial charge in [-0.3, -0.25) is 19.9 Å². The van der Waals surface area contributed by atoms with Crippen molar-refractivity contribution >= 4 is 28.7 Å². The Morgan fingerprint density at radius 3 is 2.64 bits per heavy atom. The van der Waals surface area contributed by atoms with E-state index in [0.717, 1.165) is 12.5 Å². The number of nitro benzene ring substituents is 1. The van der Waals surface area contributed by atoms with Crippen molar-refractivity contribution in [3.63, 3.8) is 0 Å². The van der Waals surface area contributed by atoms with Crippen LogP contribution in [-0.4, -0.2) is 40.9 Å². The summed E-state index contributed by atoms with van der Waals surface area (Å²) in [6.07, 6.45) is 3.05. The second-order valence-electron chi connectivity index (χ2n) is 5.26. The fourth-order valence-corrected chi connectivity index (χ4v) is 2.23. The lowest BCUT2D eigenvalue weighted by molar-refractivity contribution is -0.384. The van der Waals surface area contributed by atoms with Gasteiger partial charge in [-0.15, -0.1) is 0 Å². The van der Waals surface area contributed by atoms with Crippen molar-refractivity contribution in [2.75, 3.05) is 13.7 Å². The van der Waals surface area contributed by atoms with E-state index in [-0.39, 0.29) is 12.3 Å². The molecular weight excluding hydrogens is 364 g/mol.